The molecule has 0 amide bonds. The smallest absolute Gasteiger partial charge is 0.203 e. The van der Waals surface area contributed by atoms with E-state index in [2.05, 4.69) is 77.9 Å². The predicted molar refractivity (Wildman–Crippen MR) is 116 cm³/mol. The lowest BCUT2D eigenvalue weighted by Gasteiger charge is -2.33. The largest absolute Gasteiger partial charge is 0.360 e. The fourth-order valence-electron chi connectivity index (χ4n) is 3.94. The number of aromatic nitrogens is 3. The zero-order valence-electron chi connectivity index (χ0n) is 16.6. The number of nitrogens with one attached hydrogen (secondary N) is 1. The summed E-state index contributed by atoms with van der Waals surface area (Å²) in [7, 11) is 0. The van der Waals surface area contributed by atoms with Crippen LogP contribution in [-0.4, -0.2) is 40.5 Å². The summed E-state index contributed by atoms with van der Waals surface area (Å²) in [6, 6.07) is 19.1. The maximum atomic E-state index is 5.76. The number of piperazine rings is 1. The second-order valence-electron chi connectivity index (χ2n) is 7.40. The zero-order valence-corrected chi connectivity index (χ0v) is 17.5. The molecular weight excluding hydrogens is 366 g/mol. The SMILES string of the molecule is CCn1c(-c2ccccc2C)nn(C[NH+]2CCN(c3ccccc3)CC2)c1=S. The highest BCUT2D eigenvalue weighted by atomic mass is 32.1. The van der Waals surface area contributed by atoms with E-state index in [-0.39, 0.29) is 0 Å². The van der Waals surface area contributed by atoms with Crippen molar-refractivity contribution in [2.24, 2.45) is 0 Å². The maximum Gasteiger partial charge on any atom is 0.203 e. The summed E-state index contributed by atoms with van der Waals surface area (Å²) in [6.45, 7) is 10.2. The summed E-state index contributed by atoms with van der Waals surface area (Å²) in [4.78, 5) is 3.99. The highest BCUT2D eigenvalue weighted by Gasteiger charge is 2.22. The van der Waals surface area contributed by atoms with Gasteiger partial charge in [-0.2, -0.15) is 4.68 Å². The number of nitrogens with zero attached hydrogens (tertiary/aromatic N) is 4. The molecule has 1 N–H and O–H groups in total. The van der Waals surface area contributed by atoms with Crippen LogP contribution in [0.3, 0.4) is 0 Å². The summed E-state index contributed by atoms with van der Waals surface area (Å²) >= 11 is 5.76. The topological polar surface area (TPSA) is 30.4 Å². The monoisotopic (exact) mass is 394 g/mol. The molecule has 1 fully saturated rings. The molecule has 4 rings (SSSR count). The Balaban J connectivity index is 1.50. The number of benzene rings is 2. The Morgan fingerprint density at radius 1 is 1.00 bits per heavy atom. The van der Waals surface area contributed by atoms with Crippen molar-refractivity contribution in [2.75, 3.05) is 31.1 Å². The van der Waals surface area contributed by atoms with E-state index in [9.17, 15) is 0 Å². The van der Waals surface area contributed by atoms with Crippen LogP contribution in [0.5, 0.6) is 0 Å². The van der Waals surface area contributed by atoms with Crippen molar-refractivity contribution in [2.45, 2.75) is 27.1 Å². The van der Waals surface area contributed by atoms with Crippen LogP contribution in [0.4, 0.5) is 5.69 Å². The van der Waals surface area contributed by atoms with Crippen molar-refractivity contribution in [3.05, 3.63) is 64.9 Å². The zero-order chi connectivity index (χ0) is 19.5. The molecule has 0 unspecified atom stereocenters. The lowest BCUT2D eigenvalue weighted by molar-refractivity contribution is -0.924. The van der Waals surface area contributed by atoms with Crippen LogP contribution >= 0.6 is 12.2 Å². The van der Waals surface area contributed by atoms with Crippen LogP contribution in [0.2, 0.25) is 0 Å². The third kappa shape index (κ3) is 3.75. The van der Waals surface area contributed by atoms with Crippen LogP contribution < -0.4 is 9.80 Å². The van der Waals surface area contributed by atoms with Crippen LogP contribution in [0, 0.1) is 11.7 Å². The van der Waals surface area contributed by atoms with Crippen molar-refractivity contribution in [1.29, 1.82) is 0 Å². The first-order valence-electron chi connectivity index (χ1n) is 10.0. The van der Waals surface area contributed by atoms with E-state index in [4.69, 9.17) is 17.3 Å². The first kappa shape index (κ1) is 18.9. The Morgan fingerprint density at radius 3 is 2.36 bits per heavy atom. The van der Waals surface area contributed by atoms with Gasteiger partial charge in [0.05, 0.1) is 26.2 Å². The van der Waals surface area contributed by atoms with Crippen molar-refractivity contribution < 1.29 is 4.90 Å². The molecule has 146 valence electrons. The molecule has 0 spiro atoms. The second kappa shape index (κ2) is 8.29. The molecule has 2 aromatic carbocycles. The number of aryl methyl sites for hydroxylation is 1. The van der Waals surface area contributed by atoms with Gasteiger partial charge in [0.25, 0.3) is 0 Å². The molecule has 0 radical (unpaired) electrons. The van der Waals surface area contributed by atoms with E-state index in [1.54, 1.807) is 0 Å². The Kier molecular flexibility index (Phi) is 5.59. The molecule has 1 aromatic heterocycles. The van der Waals surface area contributed by atoms with Crippen molar-refractivity contribution in [3.8, 4) is 11.4 Å². The minimum atomic E-state index is 0.818. The van der Waals surface area contributed by atoms with Crippen LogP contribution in [0.25, 0.3) is 11.4 Å². The van der Waals surface area contributed by atoms with Crippen LogP contribution in [-0.2, 0) is 13.2 Å². The van der Waals surface area contributed by atoms with Crippen LogP contribution in [0.1, 0.15) is 12.5 Å². The van der Waals surface area contributed by atoms with E-state index in [1.165, 1.54) is 16.2 Å². The van der Waals surface area contributed by atoms with Gasteiger partial charge in [-0.3, -0.25) is 0 Å². The molecule has 5 nitrogen and oxygen atoms in total. The molecule has 6 heteroatoms. The average Bonchev–Trinajstić information content (AvgIpc) is 3.04. The normalized spacial score (nSPS) is 15.1. The van der Waals surface area contributed by atoms with Gasteiger partial charge in [0, 0.05) is 17.8 Å². The Hall–Kier alpha value is -2.44. The first-order chi connectivity index (χ1) is 13.7. The number of rotatable bonds is 5. The Bertz CT molecular complexity index is 984. The maximum absolute atomic E-state index is 5.76. The number of quaternary nitrogens is 1. The molecule has 0 bridgehead atoms. The van der Waals surface area contributed by atoms with Gasteiger partial charge in [-0.1, -0.05) is 42.5 Å². The fourth-order valence-corrected chi connectivity index (χ4v) is 4.26. The quantitative estimate of drug-likeness (QED) is 0.675. The van der Waals surface area contributed by atoms with E-state index >= 15 is 0 Å². The van der Waals surface area contributed by atoms with Gasteiger partial charge in [0.15, 0.2) is 12.5 Å². The molecule has 0 saturated carbocycles. The minimum Gasteiger partial charge on any atom is -0.360 e. The first-order valence-corrected chi connectivity index (χ1v) is 10.5. The molecule has 0 atom stereocenters. The lowest BCUT2D eigenvalue weighted by Crippen LogP contribution is -3.14. The van der Waals surface area contributed by atoms with E-state index in [1.807, 2.05) is 4.68 Å². The second-order valence-corrected chi connectivity index (χ2v) is 7.76. The Morgan fingerprint density at radius 2 is 1.68 bits per heavy atom. The Labute approximate surface area is 171 Å². The van der Waals surface area contributed by atoms with Gasteiger partial charge in [-0.15, -0.1) is 5.10 Å². The molecule has 1 aliphatic rings. The number of para-hydroxylation sites is 1. The van der Waals surface area contributed by atoms with Gasteiger partial charge in [0.1, 0.15) is 0 Å². The number of hydrogen-bond acceptors (Lipinski definition) is 3. The molecular formula is C22H28N5S+. The van der Waals surface area contributed by atoms with E-state index < -0.39 is 0 Å². The third-order valence-corrected chi connectivity index (χ3v) is 6.02. The molecule has 1 saturated heterocycles. The molecule has 0 aliphatic carbocycles. The summed E-state index contributed by atoms with van der Waals surface area (Å²) < 4.78 is 4.99. The highest BCUT2D eigenvalue weighted by molar-refractivity contribution is 7.71. The van der Waals surface area contributed by atoms with Crippen molar-refractivity contribution in [1.82, 2.24) is 14.3 Å². The summed E-state index contributed by atoms with van der Waals surface area (Å²) in [5.41, 5.74) is 3.71. The number of hydrogen-bond donors (Lipinski definition) is 1. The average molecular weight is 395 g/mol. The van der Waals surface area contributed by atoms with Crippen LogP contribution in [0.15, 0.2) is 54.6 Å². The minimum absolute atomic E-state index is 0.818. The molecule has 1 aliphatic heterocycles. The summed E-state index contributed by atoms with van der Waals surface area (Å²) in [5, 5.41) is 4.92. The highest BCUT2D eigenvalue weighted by Crippen LogP contribution is 2.22. The molecule has 3 aromatic rings. The lowest BCUT2D eigenvalue weighted by atomic mass is 10.1. The van der Waals surface area contributed by atoms with Gasteiger partial charge in [-0.25, -0.2) is 0 Å². The molecule has 28 heavy (non-hydrogen) atoms. The predicted octanol–water partition coefficient (Wildman–Crippen LogP) is 2.77. The molecule has 2 heterocycles. The fraction of sp³-hybridized carbons (Fsp3) is 0.364. The van der Waals surface area contributed by atoms with Gasteiger partial charge >= 0.3 is 0 Å². The van der Waals surface area contributed by atoms with E-state index in [0.29, 0.717) is 0 Å². The van der Waals surface area contributed by atoms with Gasteiger partial charge < -0.3 is 14.4 Å². The van der Waals surface area contributed by atoms with Gasteiger partial charge in [0.2, 0.25) is 4.77 Å². The van der Waals surface area contributed by atoms with E-state index in [0.717, 1.165) is 55.6 Å². The van der Waals surface area contributed by atoms with Gasteiger partial charge in [-0.05, 0) is 43.8 Å². The third-order valence-electron chi connectivity index (χ3n) is 5.59. The number of anilines is 1. The van der Waals surface area contributed by atoms with Crippen molar-refractivity contribution >= 4 is 17.9 Å². The summed E-state index contributed by atoms with van der Waals surface area (Å²) in [6.07, 6.45) is 0. The van der Waals surface area contributed by atoms with Crippen molar-refractivity contribution in [3.63, 3.8) is 0 Å². The standard InChI is InChI=1S/C22H27N5S/c1-3-26-21(20-12-8-7-9-18(20)2)23-27(22(26)28)17-24-13-15-25(16-14-24)19-10-5-4-6-11-19/h4-12H,3,13-17H2,1-2H3/p+1. The summed E-state index contributed by atoms with van der Waals surface area (Å²) in [5.74, 6) is 0.980.